The number of hydrogen-bond donors (Lipinski definition) is 1. The number of piperazine rings is 1. The van der Waals surface area contributed by atoms with E-state index in [9.17, 15) is 0 Å². The van der Waals surface area contributed by atoms with Gasteiger partial charge in [-0.2, -0.15) is 0 Å². The number of H-pyrrole nitrogens is 1. The molecule has 0 atom stereocenters. The second-order valence-corrected chi connectivity index (χ2v) is 7.28. The Bertz CT molecular complexity index is 648. The molecule has 2 aliphatic rings. The number of rotatable bonds is 3. The van der Waals surface area contributed by atoms with Gasteiger partial charge in [-0.05, 0) is 37.5 Å². The van der Waals surface area contributed by atoms with E-state index in [-0.39, 0.29) is 0 Å². The van der Waals surface area contributed by atoms with Crippen LogP contribution in [0.2, 0.25) is 0 Å². The summed E-state index contributed by atoms with van der Waals surface area (Å²) in [7, 11) is 0. The van der Waals surface area contributed by atoms with Crippen LogP contribution in [0, 0.1) is 6.92 Å². The fourth-order valence-corrected chi connectivity index (χ4v) is 4.27. The first kappa shape index (κ1) is 15.2. The molecule has 1 aliphatic heterocycles. The summed E-state index contributed by atoms with van der Waals surface area (Å²) in [5.74, 6) is 0.998. The van der Waals surface area contributed by atoms with Gasteiger partial charge in [0.2, 0.25) is 0 Å². The van der Waals surface area contributed by atoms with Crippen molar-refractivity contribution < 1.29 is 0 Å². The van der Waals surface area contributed by atoms with Crippen LogP contribution in [-0.4, -0.2) is 52.0 Å². The number of aromatic amines is 1. The number of fused-ring (bicyclic) bond motifs is 1. The molecule has 0 amide bonds. The molecule has 1 N–H and O–H groups in total. The lowest BCUT2D eigenvalue weighted by Gasteiger charge is -2.40. The van der Waals surface area contributed by atoms with Gasteiger partial charge in [0.1, 0.15) is 5.82 Å². The Morgan fingerprint density at radius 1 is 1.09 bits per heavy atom. The standard InChI is InChI=1S/C19H28N4/c1-15-20-18-8-7-16(13-19(18)21-15)14-22-9-11-23(12-10-22)17-5-3-2-4-6-17/h7-8,13,17H,2-6,9-12,14H2,1H3,(H,20,21). The topological polar surface area (TPSA) is 35.2 Å². The smallest absolute Gasteiger partial charge is 0.104 e. The van der Waals surface area contributed by atoms with E-state index in [4.69, 9.17) is 0 Å². The van der Waals surface area contributed by atoms with Crippen LogP contribution in [0.25, 0.3) is 11.0 Å². The average molecular weight is 312 g/mol. The Labute approximate surface area is 138 Å². The SMILES string of the molecule is Cc1nc2ccc(CN3CCN(C4CCCCC4)CC3)cc2[nH]1. The summed E-state index contributed by atoms with van der Waals surface area (Å²) in [6.45, 7) is 7.98. The number of nitrogens with one attached hydrogen (secondary N) is 1. The third-order valence-electron chi connectivity index (χ3n) is 5.57. The second kappa shape index (κ2) is 6.62. The van der Waals surface area contributed by atoms with Crippen molar-refractivity contribution in [1.29, 1.82) is 0 Å². The lowest BCUT2D eigenvalue weighted by atomic mass is 9.94. The molecule has 4 heteroatoms. The quantitative estimate of drug-likeness (QED) is 0.944. The molecule has 1 aliphatic carbocycles. The van der Waals surface area contributed by atoms with Crippen molar-refractivity contribution in [2.75, 3.05) is 26.2 Å². The molecule has 124 valence electrons. The summed E-state index contributed by atoms with van der Waals surface area (Å²) in [5, 5.41) is 0. The molecule has 2 aromatic rings. The minimum Gasteiger partial charge on any atom is -0.342 e. The van der Waals surface area contributed by atoms with Crippen molar-refractivity contribution in [3.63, 3.8) is 0 Å². The van der Waals surface area contributed by atoms with Crippen molar-refractivity contribution in [3.8, 4) is 0 Å². The Morgan fingerprint density at radius 3 is 2.65 bits per heavy atom. The Morgan fingerprint density at radius 2 is 1.87 bits per heavy atom. The van der Waals surface area contributed by atoms with Crippen LogP contribution in [0.1, 0.15) is 43.5 Å². The highest BCUT2D eigenvalue weighted by atomic mass is 15.3. The van der Waals surface area contributed by atoms with E-state index in [1.807, 2.05) is 6.92 Å². The Kier molecular flexibility index (Phi) is 4.36. The predicted octanol–water partition coefficient (Wildman–Crippen LogP) is 3.32. The maximum absolute atomic E-state index is 4.49. The van der Waals surface area contributed by atoms with E-state index in [2.05, 4.69) is 38.0 Å². The molecule has 1 saturated carbocycles. The molecule has 2 heterocycles. The number of benzene rings is 1. The second-order valence-electron chi connectivity index (χ2n) is 7.28. The number of hydrogen-bond acceptors (Lipinski definition) is 3. The molecular weight excluding hydrogens is 284 g/mol. The Hall–Kier alpha value is -1.39. The third-order valence-corrected chi connectivity index (χ3v) is 5.57. The van der Waals surface area contributed by atoms with Crippen molar-refractivity contribution in [1.82, 2.24) is 19.8 Å². The lowest BCUT2D eigenvalue weighted by molar-refractivity contribution is 0.0755. The number of aromatic nitrogens is 2. The molecule has 4 rings (SSSR count). The summed E-state index contributed by atoms with van der Waals surface area (Å²) in [4.78, 5) is 13.2. The number of aryl methyl sites for hydroxylation is 1. The van der Waals surface area contributed by atoms with Gasteiger partial charge in [0.05, 0.1) is 11.0 Å². The van der Waals surface area contributed by atoms with Crippen molar-refractivity contribution in [2.45, 2.75) is 51.6 Å². The minimum atomic E-state index is 0.871. The zero-order valence-corrected chi connectivity index (χ0v) is 14.2. The van der Waals surface area contributed by atoms with Gasteiger partial charge in [-0.1, -0.05) is 25.3 Å². The van der Waals surface area contributed by atoms with Crippen LogP contribution in [0.3, 0.4) is 0 Å². The van der Waals surface area contributed by atoms with Crippen molar-refractivity contribution in [3.05, 3.63) is 29.6 Å². The molecule has 23 heavy (non-hydrogen) atoms. The fourth-order valence-electron chi connectivity index (χ4n) is 4.27. The highest BCUT2D eigenvalue weighted by Crippen LogP contribution is 2.24. The normalized spacial score (nSPS) is 22.0. The highest BCUT2D eigenvalue weighted by molar-refractivity contribution is 5.75. The van der Waals surface area contributed by atoms with Gasteiger partial charge in [-0.25, -0.2) is 4.98 Å². The largest absolute Gasteiger partial charge is 0.342 e. The van der Waals surface area contributed by atoms with Gasteiger partial charge in [0.25, 0.3) is 0 Å². The summed E-state index contributed by atoms with van der Waals surface area (Å²) in [5.41, 5.74) is 3.64. The summed E-state index contributed by atoms with van der Waals surface area (Å²) in [6, 6.07) is 7.51. The first-order chi connectivity index (χ1) is 11.3. The average Bonchev–Trinajstić information content (AvgIpc) is 2.96. The zero-order chi connectivity index (χ0) is 15.6. The first-order valence-corrected chi connectivity index (χ1v) is 9.19. The summed E-state index contributed by atoms with van der Waals surface area (Å²) >= 11 is 0. The maximum Gasteiger partial charge on any atom is 0.104 e. The number of imidazole rings is 1. The van der Waals surface area contributed by atoms with Crippen molar-refractivity contribution >= 4 is 11.0 Å². The van der Waals surface area contributed by atoms with Gasteiger partial charge in [-0.3, -0.25) is 9.80 Å². The lowest BCUT2D eigenvalue weighted by Crippen LogP contribution is -2.50. The predicted molar refractivity (Wildman–Crippen MR) is 94.6 cm³/mol. The molecule has 0 spiro atoms. The maximum atomic E-state index is 4.49. The number of nitrogens with zero attached hydrogens (tertiary/aromatic N) is 3. The van der Waals surface area contributed by atoms with Gasteiger partial charge < -0.3 is 4.98 Å². The Balaban J connectivity index is 1.34. The van der Waals surface area contributed by atoms with Crippen LogP contribution < -0.4 is 0 Å². The van der Waals surface area contributed by atoms with E-state index in [1.54, 1.807) is 0 Å². The molecular formula is C19H28N4. The molecule has 4 nitrogen and oxygen atoms in total. The first-order valence-electron chi connectivity index (χ1n) is 9.19. The fraction of sp³-hybridized carbons (Fsp3) is 0.632. The third kappa shape index (κ3) is 3.43. The van der Waals surface area contributed by atoms with Gasteiger partial charge in [0, 0.05) is 38.8 Å². The van der Waals surface area contributed by atoms with Gasteiger partial charge in [-0.15, -0.1) is 0 Å². The molecule has 2 fully saturated rings. The van der Waals surface area contributed by atoms with Crippen LogP contribution in [-0.2, 0) is 6.54 Å². The van der Waals surface area contributed by atoms with E-state index in [0.29, 0.717) is 0 Å². The highest BCUT2D eigenvalue weighted by Gasteiger charge is 2.25. The van der Waals surface area contributed by atoms with Crippen LogP contribution in [0.15, 0.2) is 18.2 Å². The molecule has 1 aromatic carbocycles. The monoisotopic (exact) mass is 312 g/mol. The summed E-state index contributed by atoms with van der Waals surface area (Å²) in [6.07, 6.45) is 7.18. The van der Waals surface area contributed by atoms with E-state index < -0.39 is 0 Å². The molecule has 0 radical (unpaired) electrons. The molecule has 1 saturated heterocycles. The minimum absolute atomic E-state index is 0.871. The van der Waals surface area contributed by atoms with Crippen LogP contribution >= 0.6 is 0 Å². The molecule has 0 unspecified atom stereocenters. The van der Waals surface area contributed by atoms with Gasteiger partial charge >= 0.3 is 0 Å². The van der Waals surface area contributed by atoms with E-state index >= 15 is 0 Å². The van der Waals surface area contributed by atoms with E-state index in [0.717, 1.165) is 23.9 Å². The zero-order valence-electron chi connectivity index (χ0n) is 14.2. The van der Waals surface area contributed by atoms with Gasteiger partial charge in [0.15, 0.2) is 0 Å². The van der Waals surface area contributed by atoms with Crippen molar-refractivity contribution in [2.24, 2.45) is 0 Å². The molecule has 1 aromatic heterocycles. The molecule has 0 bridgehead atoms. The van der Waals surface area contributed by atoms with Crippen LogP contribution in [0.5, 0.6) is 0 Å². The summed E-state index contributed by atoms with van der Waals surface area (Å²) < 4.78 is 0. The van der Waals surface area contributed by atoms with E-state index in [1.165, 1.54) is 69.4 Å². The van der Waals surface area contributed by atoms with Crippen LogP contribution in [0.4, 0.5) is 0 Å².